The molecule has 0 aromatic carbocycles. The van der Waals surface area contributed by atoms with E-state index in [9.17, 15) is 0 Å². The quantitative estimate of drug-likeness (QED) is 0.852. The fourth-order valence-corrected chi connectivity index (χ4v) is 3.58. The van der Waals surface area contributed by atoms with Gasteiger partial charge in [-0.15, -0.1) is 11.3 Å². The predicted octanol–water partition coefficient (Wildman–Crippen LogP) is 2.58. The van der Waals surface area contributed by atoms with Crippen LogP contribution in [0, 0.1) is 6.92 Å². The lowest BCUT2D eigenvalue weighted by molar-refractivity contribution is 0.690. The number of thioether (sulfide) groups is 1. The van der Waals surface area contributed by atoms with E-state index in [0.29, 0.717) is 11.8 Å². The number of nitrogens with zero attached hydrogens (tertiary/aromatic N) is 2. The Morgan fingerprint density at radius 3 is 2.94 bits per heavy atom. The maximum Gasteiger partial charge on any atom is 0.0946 e. The van der Waals surface area contributed by atoms with Gasteiger partial charge in [-0.05, 0) is 24.4 Å². The highest BCUT2D eigenvalue weighted by atomic mass is 32.2. The molecule has 0 aliphatic rings. The largest absolute Gasteiger partial charge is 0.329 e. The van der Waals surface area contributed by atoms with Gasteiger partial charge in [0.25, 0.3) is 0 Å². The zero-order chi connectivity index (χ0) is 11.5. The Labute approximate surface area is 104 Å². The minimum atomic E-state index is 0.329. The van der Waals surface area contributed by atoms with Gasteiger partial charge < -0.3 is 5.73 Å². The molecule has 0 aliphatic heterocycles. The van der Waals surface area contributed by atoms with Crippen LogP contribution in [0.1, 0.15) is 15.8 Å². The van der Waals surface area contributed by atoms with E-state index >= 15 is 0 Å². The molecule has 0 saturated heterocycles. The minimum absolute atomic E-state index is 0.329. The van der Waals surface area contributed by atoms with Crippen LogP contribution < -0.4 is 5.73 Å². The van der Waals surface area contributed by atoms with Crippen molar-refractivity contribution in [2.75, 3.05) is 6.54 Å². The monoisotopic (exact) mass is 253 g/mol. The van der Waals surface area contributed by atoms with Crippen molar-refractivity contribution < 1.29 is 0 Å². The number of hydrogen-bond acceptors (Lipinski definition) is 4. The van der Waals surface area contributed by atoms with Gasteiger partial charge in [0, 0.05) is 18.5 Å². The molecule has 2 heterocycles. The van der Waals surface area contributed by atoms with Crippen molar-refractivity contribution in [3.63, 3.8) is 0 Å². The van der Waals surface area contributed by atoms with Gasteiger partial charge in [-0.25, -0.2) is 0 Å². The van der Waals surface area contributed by atoms with Crippen molar-refractivity contribution in [2.24, 2.45) is 12.8 Å². The van der Waals surface area contributed by atoms with Crippen LogP contribution in [0.5, 0.6) is 0 Å². The average molecular weight is 253 g/mol. The van der Waals surface area contributed by atoms with Crippen LogP contribution in [0.25, 0.3) is 0 Å². The third-order valence-electron chi connectivity index (χ3n) is 2.30. The molecule has 0 amide bonds. The third kappa shape index (κ3) is 2.48. The third-order valence-corrected chi connectivity index (χ3v) is 4.79. The zero-order valence-corrected chi connectivity index (χ0v) is 11.0. The fraction of sp³-hybridized carbons (Fsp3) is 0.364. The van der Waals surface area contributed by atoms with Crippen molar-refractivity contribution in [3.05, 3.63) is 34.2 Å². The number of hydrogen-bond donors (Lipinski definition) is 1. The maximum atomic E-state index is 5.82. The minimum Gasteiger partial charge on any atom is -0.329 e. The number of aryl methyl sites for hydroxylation is 2. The summed E-state index contributed by atoms with van der Waals surface area (Å²) < 4.78 is 1.91. The van der Waals surface area contributed by atoms with Crippen LogP contribution in [0.15, 0.2) is 28.6 Å². The molecule has 1 unspecified atom stereocenters. The molecule has 0 radical (unpaired) electrons. The van der Waals surface area contributed by atoms with E-state index in [-0.39, 0.29) is 0 Å². The van der Waals surface area contributed by atoms with E-state index in [2.05, 4.69) is 28.7 Å². The molecule has 86 valence electrons. The van der Waals surface area contributed by atoms with Crippen LogP contribution in [0.3, 0.4) is 0 Å². The average Bonchev–Trinajstić information content (AvgIpc) is 2.85. The number of aromatic nitrogens is 2. The molecule has 1 atom stereocenters. The highest BCUT2D eigenvalue weighted by molar-refractivity contribution is 7.99. The first kappa shape index (κ1) is 11.7. The first-order chi connectivity index (χ1) is 7.70. The molecular formula is C11H15N3S2. The SMILES string of the molecule is Cc1cc(SC(CN)c2cccs2)n(C)n1. The number of thiophene rings is 1. The molecule has 0 aliphatic carbocycles. The highest BCUT2D eigenvalue weighted by Crippen LogP contribution is 2.36. The Hall–Kier alpha value is -0.780. The predicted molar refractivity (Wildman–Crippen MR) is 69.9 cm³/mol. The van der Waals surface area contributed by atoms with E-state index in [0.717, 1.165) is 5.69 Å². The molecule has 2 rings (SSSR count). The van der Waals surface area contributed by atoms with Crippen LogP contribution in [0.2, 0.25) is 0 Å². The summed E-state index contributed by atoms with van der Waals surface area (Å²) in [5.41, 5.74) is 6.87. The molecular weight excluding hydrogens is 238 g/mol. The van der Waals surface area contributed by atoms with E-state index in [1.54, 1.807) is 23.1 Å². The summed E-state index contributed by atoms with van der Waals surface area (Å²) in [5.74, 6) is 0. The smallest absolute Gasteiger partial charge is 0.0946 e. The molecule has 2 N–H and O–H groups in total. The van der Waals surface area contributed by atoms with Gasteiger partial charge >= 0.3 is 0 Å². The van der Waals surface area contributed by atoms with E-state index in [1.807, 2.05) is 18.7 Å². The summed E-state index contributed by atoms with van der Waals surface area (Å²) in [6.07, 6.45) is 0. The lowest BCUT2D eigenvalue weighted by atomic mass is 10.3. The molecule has 5 heteroatoms. The van der Waals surface area contributed by atoms with Gasteiger partial charge in [0.05, 0.1) is 16.0 Å². The molecule has 0 saturated carbocycles. The summed E-state index contributed by atoms with van der Waals surface area (Å²) in [6.45, 7) is 2.65. The van der Waals surface area contributed by atoms with Gasteiger partial charge in [0.2, 0.25) is 0 Å². The Kier molecular flexibility index (Phi) is 3.68. The lowest BCUT2D eigenvalue weighted by Gasteiger charge is -2.12. The first-order valence-electron chi connectivity index (χ1n) is 5.11. The molecule has 0 bridgehead atoms. The molecule has 0 spiro atoms. The summed E-state index contributed by atoms with van der Waals surface area (Å²) >= 11 is 3.54. The van der Waals surface area contributed by atoms with Gasteiger partial charge in [-0.2, -0.15) is 5.10 Å². The standard InChI is InChI=1S/C11H15N3S2/c1-8-6-11(14(2)13-8)16-10(7-12)9-4-3-5-15-9/h3-6,10H,7,12H2,1-2H3. The summed E-state index contributed by atoms with van der Waals surface area (Å²) in [7, 11) is 1.97. The summed E-state index contributed by atoms with van der Waals surface area (Å²) in [5, 5.41) is 7.92. The maximum absolute atomic E-state index is 5.82. The van der Waals surface area contributed by atoms with Gasteiger partial charge in [-0.1, -0.05) is 17.8 Å². The molecule has 0 fully saturated rings. The Bertz CT molecular complexity index is 448. The van der Waals surface area contributed by atoms with Crippen molar-refractivity contribution in [2.45, 2.75) is 17.2 Å². The number of nitrogens with two attached hydrogens (primary N) is 1. The Balaban J connectivity index is 2.16. The lowest BCUT2D eigenvalue weighted by Crippen LogP contribution is -2.08. The van der Waals surface area contributed by atoms with Crippen molar-refractivity contribution in [3.8, 4) is 0 Å². The fourth-order valence-electron chi connectivity index (χ4n) is 1.54. The van der Waals surface area contributed by atoms with Crippen molar-refractivity contribution in [1.29, 1.82) is 0 Å². The zero-order valence-electron chi connectivity index (χ0n) is 9.38. The van der Waals surface area contributed by atoms with Crippen LogP contribution in [0.4, 0.5) is 0 Å². The molecule has 16 heavy (non-hydrogen) atoms. The second-order valence-corrected chi connectivity index (χ2v) is 5.81. The summed E-state index contributed by atoms with van der Waals surface area (Å²) in [4.78, 5) is 1.33. The Morgan fingerprint density at radius 2 is 2.44 bits per heavy atom. The Morgan fingerprint density at radius 1 is 1.62 bits per heavy atom. The van der Waals surface area contributed by atoms with Gasteiger partial charge in [0.1, 0.15) is 0 Å². The molecule has 2 aromatic rings. The van der Waals surface area contributed by atoms with Crippen LogP contribution in [-0.4, -0.2) is 16.3 Å². The second kappa shape index (κ2) is 5.03. The van der Waals surface area contributed by atoms with E-state index < -0.39 is 0 Å². The molecule has 2 aromatic heterocycles. The second-order valence-electron chi connectivity index (χ2n) is 3.61. The normalized spacial score (nSPS) is 12.9. The van der Waals surface area contributed by atoms with E-state index in [1.165, 1.54) is 9.90 Å². The van der Waals surface area contributed by atoms with Crippen molar-refractivity contribution >= 4 is 23.1 Å². The van der Waals surface area contributed by atoms with Gasteiger partial charge in [0.15, 0.2) is 0 Å². The van der Waals surface area contributed by atoms with Crippen LogP contribution in [-0.2, 0) is 7.05 Å². The van der Waals surface area contributed by atoms with Gasteiger partial charge in [-0.3, -0.25) is 4.68 Å². The summed E-state index contributed by atoms with van der Waals surface area (Å²) in [6, 6.07) is 6.30. The topological polar surface area (TPSA) is 43.8 Å². The number of rotatable bonds is 4. The molecule has 3 nitrogen and oxygen atoms in total. The highest BCUT2D eigenvalue weighted by Gasteiger charge is 2.14. The first-order valence-corrected chi connectivity index (χ1v) is 6.87. The van der Waals surface area contributed by atoms with Crippen molar-refractivity contribution in [1.82, 2.24) is 9.78 Å². The van der Waals surface area contributed by atoms with Crippen LogP contribution >= 0.6 is 23.1 Å². The van der Waals surface area contributed by atoms with E-state index in [4.69, 9.17) is 5.73 Å².